The predicted octanol–water partition coefficient (Wildman–Crippen LogP) is 1.77. The third-order valence-electron chi connectivity index (χ3n) is 2.78. The highest BCUT2D eigenvalue weighted by molar-refractivity contribution is 6.33. The topological polar surface area (TPSA) is 64.3 Å². The summed E-state index contributed by atoms with van der Waals surface area (Å²) in [4.78, 5) is 11.9. The van der Waals surface area contributed by atoms with Gasteiger partial charge in [0.05, 0.1) is 17.3 Å². The highest BCUT2D eigenvalue weighted by Gasteiger charge is 2.24. The standard InChI is InChI=1S/C14H15ClN2O2/c15-11-6-5-10(3-1-7-16)9-12(11)17-14(18)13-4-2-8-19-13/h5-6,9,13H,2,4,7-8,16H2,(H,17,18). The molecule has 1 aromatic carbocycles. The van der Waals surface area contributed by atoms with Crippen molar-refractivity contribution in [1.82, 2.24) is 0 Å². The summed E-state index contributed by atoms with van der Waals surface area (Å²) in [6.45, 7) is 0.925. The Morgan fingerprint density at radius 3 is 3.11 bits per heavy atom. The molecule has 1 saturated heterocycles. The van der Waals surface area contributed by atoms with Gasteiger partial charge in [-0.1, -0.05) is 23.4 Å². The van der Waals surface area contributed by atoms with E-state index in [1.807, 2.05) is 0 Å². The van der Waals surface area contributed by atoms with Gasteiger partial charge in [0.2, 0.25) is 0 Å². The van der Waals surface area contributed by atoms with Crippen LogP contribution in [0.15, 0.2) is 18.2 Å². The third kappa shape index (κ3) is 3.71. The molecule has 0 spiro atoms. The Kier molecular flexibility index (Phi) is 4.80. The van der Waals surface area contributed by atoms with Gasteiger partial charge >= 0.3 is 0 Å². The highest BCUT2D eigenvalue weighted by Crippen LogP contribution is 2.24. The van der Waals surface area contributed by atoms with Crippen molar-refractivity contribution in [2.45, 2.75) is 18.9 Å². The third-order valence-corrected chi connectivity index (χ3v) is 3.11. The average molecular weight is 279 g/mol. The molecule has 1 aromatic rings. The molecule has 1 aliphatic heterocycles. The Morgan fingerprint density at radius 2 is 2.42 bits per heavy atom. The molecule has 0 radical (unpaired) electrons. The summed E-state index contributed by atoms with van der Waals surface area (Å²) >= 11 is 6.05. The molecule has 1 aliphatic rings. The second kappa shape index (κ2) is 6.58. The summed E-state index contributed by atoms with van der Waals surface area (Å²) in [7, 11) is 0. The minimum Gasteiger partial charge on any atom is -0.368 e. The first-order chi connectivity index (χ1) is 9.20. The van der Waals surface area contributed by atoms with Gasteiger partial charge in [-0.2, -0.15) is 0 Å². The molecule has 0 aromatic heterocycles. The number of hydrogen-bond donors (Lipinski definition) is 2. The van der Waals surface area contributed by atoms with Gasteiger partial charge in [-0.05, 0) is 31.0 Å². The maximum atomic E-state index is 11.9. The molecule has 1 fully saturated rings. The first-order valence-electron chi connectivity index (χ1n) is 6.11. The van der Waals surface area contributed by atoms with Gasteiger partial charge in [0, 0.05) is 12.2 Å². The zero-order chi connectivity index (χ0) is 13.7. The summed E-state index contributed by atoms with van der Waals surface area (Å²) in [5, 5.41) is 3.25. The smallest absolute Gasteiger partial charge is 0.253 e. The van der Waals surface area contributed by atoms with Crippen LogP contribution < -0.4 is 11.1 Å². The van der Waals surface area contributed by atoms with Crippen molar-refractivity contribution in [1.29, 1.82) is 0 Å². The van der Waals surface area contributed by atoms with E-state index in [-0.39, 0.29) is 12.0 Å². The minimum atomic E-state index is -0.380. The van der Waals surface area contributed by atoms with Crippen molar-refractivity contribution in [2.24, 2.45) is 5.73 Å². The van der Waals surface area contributed by atoms with Crippen molar-refractivity contribution in [3.05, 3.63) is 28.8 Å². The number of nitrogens with one attached hydrogen (secondary N) is 1. The lowest BCUT2D eigenvalue weighted by molar-refractivity contribution is -0.124. The van der Waals surface area contributed by atoms with E-state index in [1.54, 1.807) is 18.2 Å². The van der Waals surface area contributed by atoms with E-state index in [4.69, 9.17) is 22.1 Å². The van der Waals surface area contributed by atoms with Crippen LogP contribution in [0.3, 0.4) is 0 Å². The number of nitrogens with two attached hydrogens (primary N) is 1. The Hall–Kier alpha value is -1.54. The second-order valence-corrected chi connectivity index (χ2v) is 4.60. The van der Waals surface area contributed by atoms with Gasteiger partial charge in [0.1, 0.15) is 6.10 Å². The van der Waals surface area contributed by atoms with Crippen molar-refractivity contribution in [2.75, 3.05) is 18.5 Å². The molecule has 0 saturated carbocycles. The maximum absolute atomic E-state index is 11.9. The molecule has 1 amide bonds. The Balaban J connectivity index is 2.12. The Labute approximate surface area is 117 Å². The van der Waals surface area contributed by atoms with Crippen molar-refractivity contribution < 1.29 is 9.53 Å². The van der Waals surface area contributed by atoms with Gasteiger partial charge in [0.15, 0.2) is 0 Å². The van der Waals surface area contributed by atoms with E-state index >= 15 is 0 Å². The molecular weight excluding hydrogens is 264 g/mol. The van der Waals surface area contributed by atoms with E-state index in [9.17, 15) is 4.79 Å². The fraction of sp³-hybridized carbons (Fsp3) is 0.357. The first kappa shape index (κ1) is 13.9. The summed E-state index contributed by atoms with van der Waals surface area (Å²) in [6, 6.07) is 5.22. The number of amides is 1. The average Bonchev–Trinajstić information content (AvgIpc) is 2.93. The monoisotopic (exact) mass is 278 g/mol. The fourth-order valence-electron chi connectivity index (χ4n) is 1.85. The number of halogens is 1. The van der Waals surface area contributed by atoms with Crippen LogP contribution in [0.4, 0.5) is 5.69 Å². The molecule has 2 rings (SSSR count). The summed E-state index contributed by atoms with van der Waals surface area (Å²) in [5.41, 5.74) is 6.63. The number of anilines is 1. The molecule has 1 heterocycles. The molecule has 0 bridgehead atoms. The van der Waals surface area contributed by atoms with Crippen LogP contribution in [0.25, 0.3) is 0 Å². The van der Waals surface area contributed by atoms with Gasteiger partial charge < -0.3 is 15.8 Å². The number of rotatable bonds is 2. The summed E-state index contributed by atoms with van der Waals surface area (Å²) in [5.74, 6) is 5.49. The van der Waals surface area contributed by atoms with E-state index in [2.05, 4.69) is 17.2 Å². The quantitative estimate of drug-likeness (QED) is 0.811. The number of ether oxygens (including phenoxy) is 1. The number of carbonyl (C=O) groups is 1. The van der Waals surface area contributed by atoms with Crippen molar-refractivity contribution >= 4 is 23.2 Å². The van der Waals surface area contributed by atoms with E-state index in [1.165, 1.54) is 0 Å². The van der Waals surface area contributed by atoms with Crippen LogP contribution in [0.2, 0.25) is 5.02 Å². The van der Waals surface area contributed by atoms with Crippen LogP contribution in [-0.4, -0.2) is 25.2 Å². The SMILES string of the molecule is NCC#Cc1ccc(Cl)c(NC(=O)C2CCCO2)c1. The van der Waals surface area contributed by atoms with E-state index in [0.29, 0.717) is 23.9 Å². The molecule has 19 heavy (non-hydrogen) atoms. The van der Waals surface area contributed by atoms with Crippen LogP contribution >= 0.6 is 11.6 Å². The van der Waals surface area contributed by atoms with Crippen molar-refractivity contribution in [3.8, 4) is 11.8 Å². The molecule has 4 nitrogen and oxygen atoms in total. The lowest BCUT2D eigenvalue weighted by atomic mass is 10.2. The van der Waals surface area contributed by atoms with Gasteiger partial charge in [-0.15, -0.1) is 0 Å². The molecule has 3 N–H and O–H groups in total. The van der Waals surface area contributed by atoms with E-state index in [0.717, 1.165) is 18.4 Å². The Morgan fingerprint density at radius 1 is 1.58 bits per heavy atom. The summed E-state index contributed by atoms with van der Waals surface area (Å²) < 4.78 is 5.32. The molecule has 0 aliphatic carbocycles. The van der Waals surface area contributed by atoms with Gasteiger partial charge in [-0.25, -0.2) is 0 Å². The Bertz CT molecular complexity index is 528. The zero-order valence-electron chi connectivity index (χ0n) is 10.4. The highest BCUT2D eigenvalue weighted by atomic mass is 35.5. The molecule has 1 unspecified atom stereocenters. The lowest BCUT2D eigenvalue weighted by Crippen LogP contribution is -2.27. The van der Waals surface area contributed by atoms with Crippen LogP contribution in [0.5, 0.6) is 0 Å². The van der Waals surface area contributed by atoms with E-state index < -0.39 is 0 Å². The van der Waals surface area contributed by atoms with Crippen LogP contribution in [0.1, 0.15) is 18.4 Å². The lowest BCUT2D eigenvalue weighted by Gasteiger charge is -2.11. The first-order valence-corrected chi connectivity index (χ1v) is 6.49. The van der Waals surface area contributed by atoms with Crippen LogP contribution in [0, 0.1) is 11.8 Å². The number of hydrogen-bond acceptors (Lipinski definition) is 3. The zero-order valence-corrected chi connectivity index (χ0v) is 11.2. The molecule has 100 valence electrons. The predicted molar refractivity (Wildman–Crippen MR) is 75.0 cm³/mol. The summed E-state index contributed by atoms with van der Waals surface area (Å²) in [6.07, 6.45) is 1.28. The number of benzene rings is 1. The molecule has 1 atom stereocenters. The van der Waals surface area contributed by atoms with Gasteiger partial charge in [0.25, 0.3) is 5.91 Å². The van der Waals surface area contributed by atoms with Gasteiger partial charge in [-0.3, -0.25) is 4.79 Å². The molecule has 5 heteroatoms. The normalized spacial score (nSPS) is 17.7. The minimum absolute atomic E-state index is 0.164. The second-order valence-electron chi connectivity index (χ2n) is 4.19. The van der Waals surface area contributed by atoms with Crippen molar-refractivity contribution in [3.63, 3.8) is 0 Å². The fourth-order valence-corrected chi connectivity index (χ4v) is 2.01. The molecular formula is C14H15ClN2O2. The van der Waals surface area contributed by atoms with Crippen LogP contribution in [-0.2, 0) is 9.53 Å². The maximum Gasteiger partial charge on any atom is 0.253 e. The number of carbonyl (C=O) groups excluding carboxylic acids is 1. The largest absolute Gasteiger partial charge is 0.368 e.